The van der Waals surface area contributed by atoms with Gasteiger partial charge in [0.15, 0.2) is 0 Å². The van der Waals surface area contributed by atoms with Gasteiger partial charge in [0, 0.05) is 16.5 Å². The molecule has 0 aliphatic heterocycles. The Bertz CT molecular complexity index is 1760. The van der Waals surface area contributed by atoms with Gasteiger partial charge in [0.25, 0.3) is 0 Å². The Kier molecular flexibility index (Phi) is 7.58. The zero-order valence-corrected chi connectivity index (χ0v) is 28.3. The van der Waals surface area contributed by atoms with E-state index in [1.54, 1.807) is 22.3 Å². The Balaban J connectivity index is 1.74. The Hall–Kier alpha value is -3.36. The van der Waals surface area contributed by atoms with E-state index >= 15 is 0 Å². The summed E-state index contributed by atoms with van der Waals surface area (Å²) in [6.07, 6.45) is 9.49. The summed E-state index contributed by atoms with van der Waals surface area (Å²) in [4.78, 5) is 0. The van der Waals surface area contributed by atoms with Gasteiger partial charge >= 0.3 is 0 Å². The van der Waals surface area contributed by atoms with Crippen LogP contribution in [0.15, 0.2) is 102 Å². The monoisotopic (exact) mass is 584 g/mol. The molecule has 3 aliphatic rings. The molecule has 0 saturated heterocycles. The highest BCUT2D eigenvalue weighted by Gasteiger charge is 2.54. The van der Waals surface area contributed by atoms with Gasteiger partial charge in [0.2, 0.25) is 0 Å². The van der Waals surface area contributed by atoms with Crippen LogP contribution in [0.3, 0.4) is 0 Å². The molecule has 0 aromatic heterocycles. The number of ether oxygens (including phenoxy) is 1. The van der Waals surface area contributed by atoms with Crippen molar-refractivity contribution in [2.75, 3.05) is 6.61 Å². The number of allylic oxidation sites excluding steroid dienone is 4. The molecule has 222 valence electrons. The van der Waals surface area contributed by atoms with Crippen molar-refractivity contribution in [3.8, 4) is 16.9 Å². The highest BCUT2D eigenvalue weighted by atomic mass is 28.3. The van der Waals surface area contributed by atoms with Crippen molar-refractivity contribution in [2.45, 2.75) is 78.9 Å². The van der Waals surface area contributed by atoms with Crippen LogP contribution in [0.25, 0.3) is 22.8 Å². The molecule has 0 saturated carbocycles. The average molecular weight is 585 g/mol. The van der Waals surface area contributed by atoms with E-state index < -0.39 is 8.07 Å². The molecule has 3 aliphatic carbocycles. The summed E-state index contributed by atoms with van der Waals surface area (Å²) in [5.41, 5.74) is 10.8. The fraction of sp³-hybridized carbons (Fsp3) is 0.366. The Morgan fingerprint density at radius 1 is 0.930 bits per heavy atom. The topological polar surface area (TPSA) is 9.23 Å². The zero-order chi connectivity index (χ0) is 30.6. The van der Waals surface area contributed by atoms with Gasteiger partial charge in [-0.05, 0) is 74.7 Å². The Morgan fingerprint density at radius 3 is 2.33 bits per heavy atom. The van der Waals surface area contributed by atoms with Gasteiger partial charge in [-0.1, -0.05) is 145 Å². The summed E-state index contributed by atoms with van der Waals surface area (Å²) in [6, 6.07) is 27.2. The molecule has 43 heavy (non-hydrogen) atoms. The molecule has 0 radical (unpaired) electrons. The summed E-state index contributed by atoms with van der Waals surface area (Å²) < 4.78 is 6.79. The van der Waals surface area contributed by atoms with Gasteiger partial charge in [-0.2, -0.15) is 0 Å². The Morgan fingerprint density at radius 2 is 1.63 bits per heavy atom. The van der Waals surface area contributed by atoms with E-state index in [2.05, 4.69) is 134 Å². The molecule has 3 aromatic carbocycles. The van der Waals surface area contributed by atoms with Crippen molar-refractivity contribution in [3.63, 3.8) is 0 Å². The van der Waals surface area contributed by atoms with Crippen LogP contribution in [0.1, 0.15) is 59.9 Å². The molecular formula is C41H48OSi. The number of hydrogen-bond donors (Lipinski definition) is 0. The average Bonchev–Trinajstić information content (AvgIpc) is 3.33. The molecule has 1 unspecified atom stereocenters. The van der Waals surface area contributed by atoms with Crippen molar-refractivity contribution in [1.29, 1.82) is 0 Å². The van der Waals surface area contributed by atoms with Crippen molar-refractivity contribution in [2.24, 2.45) is 10.8 Å². The van der Waals surface area contributed by atoms with Crippen LogP contribution in [0, 0.1) is 17.8 Å². The first-order chi connectivity index (χ1) is 20.6. The SMILES string of the molecule is C=CCOc1c(-c2ccccc2)cc(C)cc1[Si](CC)(CC)C1C2=CC(C)(C)CCC2=C2C1=c1ccccc1=CC2(C)C. The normalized spacial score (nSPS) is 20.0. The van der Waals surface area contributed by atoms with E-state index in [-0.39, 0.29) is 10.8 Å². The van der Waals surface area contributed by atoms with E-state index in [1.165, 1.54) is 38.7 Å². The largest absolute Gasteiger partial charge is 0.489 e. The van der Waals surface area contributed by atoms with Crippen LogP contribution in [0.5, 0.6) is 5.75 Å². The van der Waals surface area contributed by atoms with Crippen LogP contribution in [-0.2, 0) is 0 Å². The number of fused-ring (bicyclic) bond motifs is 3. The molecule has 3 aromatic rings. The van der Waals surface area contributed by atoms with Crippen molar-refractivity contribution >= 4 is 24.9 Å². The molecule has 0 spiro atoms. The molecule has 1 atom stereocenters. The van der Waals surface area contributed by atoms with E-state index in [0.717, 1.165) is 24.3 Å². The van der Waals surface area contributed by atoms with Crippen LogP contribution in [-0.4, -0.2) is 14.7 Å². The van der Waals surface area contributed by atoms with E-state index in [9.17, 15) is 0 Å². The van der Waals surface area contributed by atoms with Crippen LogP contribution >= 0.6 is 0 Å². The zero-order valence-electron chi connectivity index (χ0n) is 27.3. The second kappa shape index (κ2) is 11.0. The first-order valence-corrected chi connectivity index (χ1v) is 18.8. The number of benzene rings is 3. The lowest BCUT2D eigenvalue weighted by Gasteiger charge is -2.42. The standard InChI is InChI=1S/C41H48OSi/c1-9-23-42-38-33(29-17-13-12-14-18-29)24-28(4)25-35(38)43(10-2,11-3)39-34-27-40(5,6)22-21-32(34)37-36(39)31-20-16-15-19-30(31)26-41(37,7)8/h9,12-20,24-27,39H,1,10-11,21-23H2,2-8H3. The van der Waals surface area contributed by atoms with Gasteiger partial charge in [0.1, 0.15) is 20.4 Å². The van der Waals surface area contributed by atoms with Crippen LogP contribution < -0.4 is 20.4 Å². The number of rotatable bonds is 8. The minimum Gasteiger partial charge on any atom is -0.489 e. The number of hydrogen-bond acceptors (Lipinski definition) is 1. The fourth-order valence-electron chi connectivity index (χ4n) is 8.56. The third-order valence-electron chi connectivity index (χ3n) is 10.5. The van der Waals surface area contributed by atoms with Crippen LogP contribution in [0.2, 0.25) is 17.6 Å². The maximum absolute atomic E-state index is 6.79. The minimum absolute atomic E-state index is 0.0139. The van der Waals surface area contributed by atoms with Gasteiger partial charge in [-0.15, -0.1) is 0 Å². The van der Waals surface area contributed by atoms with Crippen molar-refractivity contribution < 1.29 is 4.74 Å². The summed E-state index contributed by atoms with van der Waals surface area (Å²) in [7, 11) is -2.31. The van der Waals surface area contributed by atoms with Gasteiger partial charge in [-0.25, -0.2) is 0 Å². The molecular weight excluding hydrogens is 537 g/mol. The molecule has 6 rings (SSSR count). The number of aryl methyl sites for hydroxylation is 1. The third-order valence-corrected chi connectivity index (χ3v) is 16.2. The highest BCUT2D eigenvalue weighted by molar-refractivity contribution is 6.95. The lowest BCUT2D eigenvalue weighted by Crippen LogP contribution is -2.53. The lowest BCUT2D eigenvalue weighted by atomic mass is 9.73. The first-order valence-electron chi connectivity index (χ1n) is 16.3. The maximum Gasteiger partial charge on any atom is 0.126 e. The quantitative estimate of drug-likeness (QED) is 0.190. The maximum atomic E-state index is 6.79. The van der Waals surface area contributed by atoms with E-state index in [0.29, 0.717) is 12.1 Å². The Labute approximate surface area is 260 Å². The summed E-state index contributed by atoms with van der Waals surface area (Å²) in [5, 5.41) is 4.32. The predicted molar refractivity (Wildman–Crippen MR) is 188 cm³/mol. The molecule has 1 nitrogen and oxygen atoms in total. The van der Waals surface area contributed by atoms with Gasteiger partial charge in [-0.3, -0.25) is 0 Å². The summed E-state index contributed by atoms with van der Waals surface area (Å²) >= 11 is 0. The van der Waals surface area contributed by atoms with E-state index in [1.807, 2.05) is 6.08 Å². The molecule has 0 N–H and O–H groups in total. The lowest BCUT2D eigenvalue weighted by molar-refractivity contribution is 0.367. The first kappa shape index (κ1) is 29.7. The molecule has 0 fully saturated rings. The van der Waals surface area contributed by atoms with E-state index in [4.69, 9.17) is 4.74 Å². The molecule has 0 amide bonds. The molecule has 2 heteroatoms. The molecule has 0 bridgehead atoms. The van der Waals surface area contributed by atoms with Crippen molar-refractivity contribution in [1.82, 2.24) is 0 Å². The third kappa shape index (κ3) is 4.83. The predicted octanol–water partition coefficient (Wildman–Crippen LogP) is 9.02. The summed E-state index contributed by atoms with van der Waals surface area (Å²) in [6.45, 7) is 21.5. The fourth-order valence-corrected chi connectivity index (χ4v) is 13.8. The smallest absolute Gasteiger partial charge is 0.126 e. The second-order valence-electron chi connectivity index (χ2n) is 14.3. The molecule has 0 heterocycles. The minimum atomic E-state index is -2.31. The van der Waals surface area contributed by atoms with Crippen molar-refractivity contribution in [3.05, 3.63) is 118 Å². The summed E-state index contributed by atoms with van der Waals surface area (Å²) in [5.74, 6) is 1.08. The van der Waals surface area contributed by atoms with Crippen LogP contribution in [0.4, 0.5) is 0 Å². The van der Waals surface area contributed by atoms with Gasteiger partial charge < -0.3 is 4.74 Å². The highest BCUT2D eigenvalue weighted by Crippen LogP contribution is 2.62. The second-order valence-corrected chi connectivity index (χ2v) is 19.1. The van der Waals surface area contributed by atoms with Gasteiger partial charge in [0.05, 0.1) is 0 Å².